The number of carbonyl (C=O) groups is 1. The van der Waals surface area contributed by atoms with Crippen LogP contribution in [-0.2, 0) is 17.9 Å². The van der Waals surface area contributed by atoms with Crippen molar-refractivity contribution in [1.82, 2.24) is 24.5 Å². The van der Waals surface area contributed by atoms with E-state index in [1.165, 1.54) is 4.68 Å². The zero-order valence-electron chi connectivity index (χ0n) is 24.4. The second kappa shape index (κ2) is 13.3. The van der Waals surface area contributed by atoms with Crippen LogP contribution in [0, 0.1) is 0 Å². The fourth-order valence-corrected chi connectivity index (χ4v) is 5.52. The summed E-state index contributed by atoms with van der Waals surface area (Å²) < 4.78 is 14.7. The lowest BCUT2D eigenvalue weighted by Gasteiger charge is -2.13. The Bertz CT molecular complexity index is 1960. The van der Waals surface area contributed by atoms with E-state index < -0.39 is 0 Å². The number of amides is 1. The van der Waals surface area contributed by atoms with Gasteiger partial charge in [-0.05, 0) is 36.4 Å². The van der Waals surface area contributed by atoms with Crippen LogP contribution in [0.15, 0.2) is 103 Å². The van der Waals surface area contributed by atoms with Crippen LogP contribution in [0.4, 0.5) is 5.69 Å². The minimum Gasteiger partial charge on any atom is -0.493 e. The molecule has 6 aromatic rings. The number of halogens is 2. The van der Waals surface area contributed by atoms with Gasteiger partial charge in [0.1, 0.15) is 18.1 Å². The summed E-state index contributed by atoms with van der Waals surface area (Å²) in [7, 11) is 3.21. The van der Waals surface area contributed by atoms with Crippen LogP contribution in [0.5, 0.6) is 11.5 Å². The molecule has 0 aliphatic heterocycles. The summed E-state index contributed by atoms with van der Waals surface area (Å²) in [5, 5.41) is 12.3. The van der Waals surface area contributed by atoms with Gasteiger partial charge in [0.25, 0.3) is 0 Å². The molecule has 6 rings (SSSR count). The van der Waals surface area contributed by atoms with Crippen LogP contribution in [0.1, 0.15) is 5.69 Å². The molecule has 0 saturated heterocycles. The molecule has 0 unspecified atom stereocenters. The first-order valence-electron chi connectivity index (χ1n) is 14.0. The van der Waals surface area contributed by atoms with Gasteiger partial charge < -0.3 is 19.4 Å². The molecule has 2 heterocycles. The van der Waals surface area contributed by atoms with Gasteiger partial charge >= 0.3 is 0 Å². The zero-order valence-corrected chi connectivity index (χ0v) is 26.0. The van der Waals surface area contributed by atoms with Gasteiger partial charge in [-0.1, -0.05) is 89.1 Å². The fourth-order valence-electron chi connectivity index (χ4n) is 5.07. The van der Waals surface area contributed by atoms with Crippen molar-refractivity contribution in [3.63, 3.8) is 0 Å². The third kappa shape index (κ3) is 6.55. The molecule has 226 valence electrons. The highest BCUT2D eigenvalue weighted by Crippen LogP contribution is 2.39. The van der Waals surface area contributed by atoms with E-state index in [4.69, 9.17) is 37.7 Å². The van der Waals surface area contributed by atoms with E-state index in [2.05, 4.69) is 32.3 Å². The van der Waals surface area contributed by atoms with Crippen LogP contribution in [0.2, 0.25) is 10.0 Å². The van der Waals surface area contributed by atoms with Crippen molar-refractivity contribution in [2.45, 2.75) is 13.1 Å². The van der Waals surface area contributed by atoms with Gasteiger partial charge in [0.05, 0.1) is 49.1 Å². The van der Waals surface area contributed by atoms with Crippen molar-refractivity contribution in [1.29, 1.82) is 0 Å². The molecule has 4 aromatic carbocycles. The lowest BCUT2D eigenvalue weighted by atomic mass is 10.0. The quantitative estimate of drug-likeness (QED) is 0.167. The number of hydrogen-bond acceptors (Lipinski definition) is 6. The first-order chi connectivity index (χ1) is 21.9. The van der Waals surface area contributed by atoms with E-state index in [1.807, 2.05) is 66.7 Å². The molecule has 0 fully saturated rings. The maximum Gasteiger partial charge on any atom is 0.246 e. The minimum absolute atomic E-state index is 0.0563. The molecule has 0 bridgehead atoms. The molecule has 1 amide bonds. The van der Waals surface area contributed by atoms with Crippen molar-refractivity contribution in [3.8, 4) is 45.4 Å². The molecule has 0 aliphatic carbocycles. The predicted octanol–water partition coefficient (Wildman–Crippen LogP) is 7.49. The smallest absolute Gasteiger partial charge is 0.246 e. The van der Waals surface area contributed by atoms with Crippen molar-refractivity contribution < 1.29 is 14.3 Å². The number of imidazole rings is 1. The van der Waals surface area contributed by atoms with Crippen molar-refractivity contribution in [2.75, 3.05) is 19.5 Å². The van der Waals surface area contributed by atoms with Crippen molar-refractivity contribution >= 4 is 34.8 Å². The summed E-state index contributed by atoms with van der Waals surface area (Å²) >= 11 is 12.2. The van der Waals surface area contributed by atoms with Gasteiger partial charge in [-0.3, -0.25) is 4.79 Å². The number of aromatic nitrogens is 5. The molecular formula is C34H28Cl2N6O3. The average molecular weight is 640 g/mol. The van der Waals surface area contributed by atoms with Crippen LogP contribution in [0.25, 0.3) is 33.9 Å². The van der Waals surface area contributed by atoms with Gasteiger partial charge in [-0.2, -0.15) is 0 Å². The molecule has 1 N–H and O–H groups in total. The Balaban J connectivity index is 1.40. The molecule has 0 saturated carbocycles. The Labute approximate surface area is 270 Å². The van der Waals surface area contributed by atoms with Crippen LogP contribution >= 0.6 is 23.2 Å². The van der Waals surface area contributed by atoms with Crippen molar-refractivity contribution in [2.24, 2.45) is 0 Å². The highest BCUT2D eigenvalue weighted by atomic mass is 35.5. The highest BCUT2D eigenvalue weighted by Gasteiger charge is 2.23. The Hall–Kier alpha value is -5.12. The maximum absolute atomic E-state index is 12.8. The number of ether oxygens (including phenoxy) is 2. The molecular weight excluding hydrogens is 611 g/mol. The predicted molar refractivity (Wildman–Crippen MR) is 176 cm³/mol. The Kier molecular flexibility index (Phi) is 8.81. The van der Waals surface area contributed by atoms with Gasteiger partial charge in [0.2, 0.25) is 5.91 Å². The minimum atomic E-state index is -0.305. The lowest BCUT2D eigenvalue weighted by Crippen LogP contribution is -2.19. The summed E-state index contributed by atoms with van der Waals surface area (Å²) in [5.74, 6) is 1.61. The lowest BCUT2D eigenvalue weighted by molar-refractivity contribution is -0.116. The first kappa shape index (κ1) is 29.9. The third-order valence-electron chi connectivity index (χ3n) is 7.12. The highest BCUT2D eigenvalue weighted by molar-refractivity contribution is 6.36. The molecule has 0 aliphatic rings. The van der Waals surface area contributed by atoms with Crippen molar-refractivity contribution in [3.05, 3.63) is 119 Å². The van der Waals surface area contributed by atoms with Crippen LogP contribution < -0.4 is 14.8 Å². The standard InChI is InChI=1S/C34H28Cl2N6O3/c1-44-29-16-13-24(17-30(29)45-2)34-38-32(22-9-5-3-6-10-22)33(23-11-7-4-8-12-23)42(34)20-26-19-41(40-39-26)21-31(43)37-28-15-14-25(35)18-27(28)36/h3-19H,20-21H2,1-2H3,(H,37,43). The second-order valence-electron chi connectivity index (χ2n) is 10.1. The van der Waals surface area contributed by atoms with Gasteiger partial charge in [-0.25, -0.2) is 9.67 Å². The average Bonchev–Trinajstić information content (AvgIpc) is 3.67. The monoisotopic (exact) mass is 638 g/mol. The number of carbonyl (C=O) groups excluding carboxylic acids is 1. The van der Waals surface area contributed by atoms with Gasteiger partial charge in [-0.15, -0.1) is 5.10 Å². The second-order valence-corrected chi connectivity index (χ2v) is 10.9. The fraction of sp³-hybridized carbons (Fsp3) is 0.118. The molecule has 0 spiro atoms. The van der Waals surface area contributed by atoms with E-state index in [-0.39, 0.29) is 12.5 Å². The number of nitrogens with zero attached hydrogens (tertiary/aromatic N) is 5. The van der Waals surface area contributed by atoms with E-state index in [0.717, 1.165) is 28.1 Å². The molecule has 0 radical (unpaired) electrons. The number of nitrogens with one attached hydrogen (secondary N) is 1. The van der Waals surface area contributed by atoms with E-state index >= 15 is 0 Å². The normalized spacial score (nSPS) is 10.9. The topological polar surface area (TPSA) is 96.1 Å². The molecule has 45 heavy (non-hydrogen) atoms. The van der Waals surface area contributed by atoms with Gasteiger partial charge in [0.15, 0.2) is 11.5 Å². The summed E-state index contributed by atoms with van der Waals surface area (Å²) in [6.45, 7) is 0.275. The summed E-state index contributed by atoms with van der Waals surface area (Å²) in [6, 6.07) is 30.7. The third-order valence-corrected chi connectivity index (χ3v) is 7.67. The molecule has 0 atom stereocenters. The number of anilines is 1. The van der Waals surface area contributed by atoms with E-state index in [0.29, 0.717) is 45.3 Å². The Morgan fingerprint density at radius 3 is 2.22 bits per heavy atom. The summed E-state index contributed by atoms with van der Waals surface area (Å²) in [6.07, 6.45) is 1.75. The number of rotatable bonds is 10. The Morgan fingerprint density at radius 1 is 0.822 bits per heavy atom. The van der Waals surface area contributed by atoms with E-state index in [9.17, 15) is 4.79 Å². The van der Waals surface area contributed by atoms with Crippen LogP contribution in [-0.4, -0.2) is 44.7 Å². The summed E-state index contributed by atoms with van der Waals surface area (Å²) in [5.41, 5.74) is 5.63. The Morgan fingerprint density at radius 2 is 1.53 bits per heavy atom. The number of benzene rings is 4. The maximum atomic E-state index is 12.8. The zero-order chi connectivity index (χ0) is 31.3. The SMILES string of the molecule is COc1ccc(-c2nc(-c3ccccc3)c(-c3ccccc3)n2Cc2cn(CC(=O)Nc3ccc(Cl)cc3Cl)nn2)cc1OC. The molecule has 2 aromatic heterocycles. The number of hydrogen-bond donors (Lipinski definition) is 1. The molecule has 9 nitrogen and oxygen atoms in total. The first-order valence-corrected chi connectivity index (χ1v) is 14.8. The number of methoxy groups -OCH3 is 2. The molecule has 11 heteroatoms. The van der Waals surface area contributed by atoms with Crippen LogP contribution in [0.3, 0.4) is 0 Å². The van der Waals surface area contributed by atoms with Gasteiger partial charge in [0, 0.05) is 21.7 Å². The largest absolute Gasteiger partial charge is 0.493 e. The van der Waals surface area contributed by atoms with E-state index in [1.54, 1.807) is 38.6 Å². The summed E-state index contributed by atoms with van der Waals surface area (Å²) in [4.78, 5) is 18.0.